The third kappa shape index (κ3) is 2.53. The lowest BCUT2D eigenvalue weighted by atomic mass is 10.0. The summed E-state index contributed by atoms with van der Waals surface area (Å²) in [6, 6.07) is 7.37. The van der Waals surface area contributed by atoms with E-state index in [9.17, 15) is 4.79 Å². The van der Waals surface area contributed by atoms with Crippen LogP contribution in [-0.2, 0) is 0 Å². The van der Waals surface area contributed by atoms with E-state index in [0.717, 1.165) is 11.4 Å². The number of carbonyl (C=O) groups excluding carboxylic acids is 1. The van der Waals surface area contributed by atoms with E-state index in [0.29, 0.717) is 4.88 Å². The molecule has 88 valence electrons. The largest absolute Gasteiger partial charge is 0.496 e. The summed E-state index contributed by atoms with van der Waals surface area (Å²) in [6.45, 7) is 1.87. The van der Waals surface area contributed by atoms with Gasteiger partial charge in [0.2, 0.25) is 0 Å². The minimum Gasteiger partial charge on any atom is -0.496 e. The van der Waals surface area contributed by atoms with Crippen LogP contribution in [0.25, 0.3) is 0 Å². The monoisotopic (exact) mass is 247 g/mol. The second-order valence-corrected chi connectivity index (χ2v) is 4.60. The van der Waals surface area contributed by atoms with Crippen LogP contribution in [0.15, 0.2) is 35.8 Å². The van der Waals surface area contributed by atoms with Crippen molar-refractivity contribution in [3.63, 3.8) is 0 Å². The van der Waals surface area contributed by atoms with E-state index in [2.05, 4.69) is 4.98 Å². The first-order valence-corrected chi connectivity index (χ1v) is 6.18. The van der Waals surface area contributed by atoms with Gasteiger partial charge in [-0.1, -0.05) is 6.07 Å². The molecule has 0 aliphatic heterocycles. The topological polar surface area (TPSA) is 39.2 Å². The van der Waals surface area contributed by atoms with E-state index in [1.807, 2.05) is 30.5 Å². The summed E-state index contributed by atoms with van der Waals surface area (Å²) in [5, 5.41) is 1.83. The Kier molecular flexibility index (Phi) is 3.54. The summed E-state index contributed by atoms with van der Waals surface area (Å²) in [5.74, 6) is 0.586. The van der Waals surface area contributed by atoms with Crippen LogP contribution in [0.2, 0.25) is 0 Å². The fraction of sp³-hybridized carbons (Fsp3) is 0.231. The van der Waals surface area contributed by atoms with Gasteiger partial charge in [-0.3, -0.25) is 9.78 Å². The molecule has 0 aliphatic carbocycles. The van der Waals surface area contributed by atoms with Gasteiger partial charge in [-0.2, -0.15) is 0 Å². The van der Waals surface area contributed by atoms with Crippen LogP contribution in [0.5, 0.6) is 5.75 Å². The zero-order valence-electron chi connectivity index (χ0n) is 9.71. The van der Waals surface area contributed by atoms with Gasteiger partial charge in [-0.05, 0) is 19.1 Å². The molecule has 4 heteroatoms. The molecule has 0 saturated heterocycles. The molecular weight excluding hydrogens is 234 g/mol. The number of nitrogens with zero attached hydrogens (tertiary/aromatic N) is 1. The first-order chi connectivity index (χ1) is 8.22. The third-order valence-electron chi connectivity index (χ3n) is 2.58. The molecule has 0 fully saturated rings. The molecule has 0 spiro atoms. The summed E-state index contributed by atoms with van der Waals surface area (Å²) in [7, 11) is 1.60. The number of thiophene rings is 1. The molecule has 0 saturated carbocycles. The highest BCUT2D eigenvalue weighted by Crippen LogP contribution is 2.26. The molecule has 1 atom stereocenters. The van der Waals surface area contributed by atoms with Crippen molar-refractivity contribution in [3.05, 3.63) is 46.4 Å². The van der Waals surface area contributed by atoms with Gasteiger partial charge in [0.1, 0.15) is 5.75 Å². The molecule has 0 aromatic carbocycles. The summed E-state index contributed by atoms with van der Waals surface area (Å²) >= 11 is 1.40. The molecule has 0 amide bonds. The molecule has 0 radical (unpaired) electrons. The number of pyridine rings is 1. The Hall–Kier alpha value is -1.68. The fourth-order valence-electron chi connectivity index (χ4n) is 1.53. The molecular formula is C13H13NO2S. The van der Waals surface area contributed by atoms with E-state index in [4.69, 9.17) is 4.74 Å². The third-order valence-corrected chi connectivity index (χ3v) is 3.50. The number of methoxy groups -OCH3 is 1. The van der Waals surface area contributed by atoms with E-state index in [1.165, 1.54) is 11.3 Å². The van der Waals surface area contributed by atoms with Crippen molar-refractivity contribution in [2.24, 2.45) is 0 Å². The smallest absolute Gasteiger partial charge is 0.181 e. The summed E-state index contributed by atoms with van der Waals surface area (Å²) in [6.07, 6.45) is 1.70. The number of aromatic nitrogens is 1. The lowest BCUT2D eigenvalue weighted by molar-refractivity contribution is 0.0968. The van der Waals surface area contributed by atoms with Gasteiger partial charge in [-0.15, -0.1) is 11.3 Å². The lowest BCUT2D eigenvalue weighted by Gasteiger charge is -2.07. The van der Waals surface area contributed by atoms with Crippen molar-refractivity contribution in [1.82, 2.24) is 4.98 Å². The van der Waals surface area contributed by atoms with Crippen LogP contribution < -0.4 is 4.74 Å². The summed E-state index contributed by atoms with van der Waals surface area (Å²) < 4.78 is 5.07. The fourth-order valence-corrected chi connectivity index (χ4v) is 2.42. The maximum absolute atomic E-state index is 12.2. The van der Waals surface area contributed by atoms with Crippen molar-refractivity contribution in [2.75, 3.05) is 7.11 Å². The molecule has 2 aromatic rings. The van der Waals surface area contributed by atoms with Gasteiger partial charge in [0, 0.05) is 17.6 Å². The standard InChI is InChI=1S/C13H13NO2S/c1-9(11-5-3-4-6-14-11)13(15)12-7-10(16-2)8-17-12/h3-9H,1-2H3. The minimum atomic E-state index is -0.223. The Labute approximate surface area is 104 Å². The lowest BCUT2D eigenvalue weighted by Crippen LogP contribution is -2.09. The van der Waals surface area contributed by atoms with Crippen molar-refractivity contribution >= 4 is 17.1 Å². The predicted molar refractivity (Wildman–Crippen MR) is 67.9 cm³/mol. The van der Waals surface area contributed by atoms with Crippen LogP contribution in [-0.4, -0.2) is 17.9 Å². The predicted octanol–water partition coefficient (Wildman–Crippen LogP) is 3.14. The number of hydrogen-bond donors (Lipinski definition) is 0. The van der Waals surface area contributed by atoms with Crippen LogP contribution in [0, 0.1) is 0 Å². The van der Waals surface area contributed by atoms with Gasteiger partial charge in [-0.25, -0.2) is 0 Å². The van der Waals surface area contributed by atoms with Gasteiger partial charge >= 0.3 is 0 Å². The molecule has 3 nitrogen and oxygen atoms in total. The summed E-state index contributed by atoms with van der Waals surface area (Å²) in [5.41, 5.74) is 0.796. The van der Waals surface area contributed by atoms with Gasteiger partial charge in [0.05, 0.1) is 23.6 Å². The Balaban J connectivity index is 2.20. The zero-order chi connectivity index (χ0) is 12.3. The first-order valence-electron chi connectivity index (χ1n) is 5.30. The minimum absolute atomic E-state index is 0.0806. The number of hydrogen-bond acceptors (Lipinski definition) is 4. The SMILES string of the molecule is COc1csc(C(=O)C(C)c2ccccn2)c1. The Morgan fingerprint density at radius 1 is 1.47 bits per heavy atom. The van der Waals surface area contributed by atoms with Crippen LogP contribution in [0.1, 0.15) is 28.2 Å². The molecule has 2 heterocycles. The average Bonchev–Trinajstić information content (AvgIpc) is 2.87. The van der Waals surface area contributed by atoms with Crippen LogP contribution in [0.3, 0.4) is 0 Å². The maximum Gasteiger partial charge on any atom is 0.181 e. The highest BCUT2D eigenvalue weighted by atomic mass is 32.1. The second-order valence-electron chi connectivity index (χ2n) is 3.69. The van der Waals surface area contributed by atoms with Crippen molar-refractivity contribution in [3.8, 4) is 5.75 Å². The number of carbonyl (C=O) groups is 1. The van der Waals surface area contributed by atoms with Crippen molar-refractivity contribution in [2.45, 2.75) is 12.8 Å². The molecule has 2 rings (SSSR count). The second kappa shape index (κ2) is 5.10. The number of Topliss-reactive ketones (excluding diaryl/α,β-unsaturated/α-hetero) is 1. The molecule has 0 bridgehead atoms. The average molecular weight is 247 g/mol. The van der Waals surface area contributed by atoms with Gasteiger partial charge in [0.15, 0.2) is 5.78 Å². The first kappa shape index (κ1) is 11.8. The van der Waals surface area contributed by atoms with Crippen molar-refractivity contribution in [1.29, 1.82) is 0 Å². The Morgan fingerprint density at radius 3 is 2.88 bits per heavy atom. The zero-order valence-corrected chi connectivity index (χ0v) is 10.5. The molecule has 2 aromatic heterocycles. The number of ketones is 1. The molecule has 0 N–H and O–H groups in total. The maximum atomic E-state index is 12.2. The van der Waals surface area contributed by atoms with Crippen LogP contribution >= 0.6 is 11.3 Å². The van der Waals surface area contributed by atoms with E-state index in [1.54, 1.807) is 19.4 Å². The number of rotatable bonds is 4. The molecule has 1 unspecified atom stereocenters. The highest BCUT2D eigenvalue weighted by Gasteiger charge is 2.19. The highest BCUT2D eigenvalue weighted by molar-refractivity contribution is 7.12. The van der Waals surface area contributed by atoms with E-state index < -0.39 is 0 Å². The molecule has 0 aliphatic rings. The van der Waals surface area contributed by atoms with Crippen molar-refractivity contribution < 1.29 is 9.53 Å². The Morgan fingerprint density at radius 2 is 2.29 bits per heavy atom. The van der Waals surface area contributed by atoms with E-state index >= 15 is 0 Å². The summed E-state index contributed by atoms with van der Waals surface area (Å²) in [4.78, 5) is 17.1. The quantitative estimate of drug-likeness (QED) is 0.779. The van der Waals surface area contributed by atoms with Crippen LogP contribution in [0.4, 0.5) is 0 Å². The van der Waals surface area contributed by atoms with Gasteiger partial charge < -0.3 is 4.74 Å². The number of ether oxygens (including phenoxy) is 1. The normalized spacial score (nSPS) is 12.1. The van der Waals surface area contributed by atoms with Gasteiger partial charge in [0.25, 0.3) is 0 Å². The molecule has 17 heavy (non-hydrogen) atoms. The Bertz CT molecular complexity index is 507. The van der Waals surface area contributed by atoms with E-state index in [-0.39, 0.29) is 11.7 Å².